The number of allylic oxidation sites excluding steroid dienone is 1. The molecule has 0 saturated carbocycles. The van der Waals surface area contributed by atoms with Gasteiger partial charge in [0.05, 0.1) is 4.92 Å². The number of carboxylic acids is 1. The van der Waals surface area contributed by atoms with Crippen molar-refractivity contribution < 1.29 is 19.6 Å². The van der Waals surface area contributed by atoms with Gasteiger partial charge >= 0.3 is 11.7 Å². The highest BCUT2D eigenvalue weighted by molar-refractivity contribution is 5.85. The largest absolute Gasteiger partial charge is 0.479 e. The molecular weight excluding hydrogens is 274 g/mol. The summed E-state index contributed by atoms with van der Waals surface area (Å²) < 4.78 is 5.69. The number of hydrogen-bond acceptors (Lipinski definition) is 4. The van der Waals surface area contributed by atoms with Crippen LogP contribution in [0.1, 0.15) is 24.8 Å². The minimum absolute atomic E-state index is 0.124. The molecule has 1 aromatic rings. The molecule has 1 atom stereocenters. The van der Waals surface area contributed by atoms with Crippen LogP contribution in [-0.4, -0.2) is 22.1 Å². The van der Waals surface area contributed by atoms with E-state index < -0.39 is 10.9 Å². The summed E-state index contributed by atoms with van der Waals surface area (Å²) in [7, 11) is 0. The molecule has 21 heavy (non-hydrogen) atoms. The Labute approximate surface area is 121 Å². The fourth-order valence-corrected chi connectivity index (χ4v) is 2.09. The molecule has 0 aromatic heterocycles. The fraction of sp³-hybridized carbons (Fsp3) is 0.267. The van der Waals surface area contributed by atoms with Crippen LogP contribution >= 0.6 is 0 Å². The molecule has 6 nitrogen and oxygen atoms in total. The first-order valence-electron chi connectivity index (χ1n) is 6.59. The second-order valence-corrected chi connectivity index (χ2v) is 4.67. The van der Waals surface area contributed by atoms with E-state index in [1.807, 2.05) is 12.2 Å². The average molecular weight is 289 g/mol. The van der Waals surface area contributed by atoms with Crippen LogP contribution in [0.25, 0.3) is 6.08 Å². The zero-order chi connectivity index (χ0) is 15.2. The first kappa shape index (κ1) is 14.8. The molecule has 110 valence electrons. The van der Waals surface area contributed by atoms with Gasteiger partial charge in [-0.25, -0.2) is 4.79 Å². The smallest absolute Gasteiger partial charge is 0.328 e. The summed E-state index contributed by atoms with van der Waals surface area (Å²) >= 11 is 0. The lowest BCUT2D eigenvalue weighted by molar-refractivity contribution is -0.386. The monoisotopic (exact) mass is 289 g/mol. The van der Waals surface area contributed by atoms with E-state index in [4.69, 9.17) is 9.84 Å². The van der Waals surface area contributed by atoms with E-state index in [9.17, 15) is 14.9 Å². The van der Waals surface area contributed by atoms with Crippen LogP contribution in [0.5, 0.6) is 5.75 Å². The van der Waals surface area contributed by atoms with Crippen LogP contribution in [0.15, 0.2) is 36.4 Å². The minimum atomic E-state index is -1.08. The van der Waals surface area contributed by atoms with Crippen molar-refractivity contribution in [1.29, 1.82) is 0 Å². The summed E-state index contributed by atoms with van der Waals surface area (Å²) in [6, 6.07) is 4.30. The molecule has 0 amide bonds. The number of nitrogens with zero attached hydrogens (tertiary/aromatic N) is 1. The zero-order valence-electron chi connectivity index (χ0n) is 11.3. The Morgan fingerprint density at radius 2 is 2.29 bits per heavy atom. The molecule has 1 aromatic carbocycles. The molecule has 6 heteroatoms. The van der Waals surface area contributed by atoms with Crippen molar-refractivity contribution in [3.63, 3.8) is 0 Å². The maximum Gasteiger partial charge on any atom is 0.328 e. The predicted octanol–water partition coefficient (Wildman–Crippen LogP) is 3.18. The molecule has 2 rings (SSSR count). The molecular formula is C15H15NO5. The number of nitro benzene ring substituents is 1. The molecule has 0 aliphatic heterocycles. The molecule has 0 radical (unpaired) electrons. The zero-order valence-corrected chi connectivity index (χ0v) is 11.3. The fourth-order valence-electron chi connectivity index (χ4n) is 2.09. The number of carbonyl (C=O) groups is 1. The first-order valence-corrected chi connectivity index (χ1v) is 6.59. The molecule has 0 fully saturated rings. The van der Waals surface area contributed by atoms with E-state index in [0.29, 0.717) is 5.56 Å². The van der Waals surface area contributed by atoms with E-state index in [2.05, 4.69) is 0 Å². The van der Waals surface area contributed by atoms with Gasteiger partial charge in [-0.3, -0.25) is 10.1 Å². The Kier molecular flexibility index (Phi) is 4.71. The molecule has 1 aliphatic carbocycles. The second-order valence-electron chi connectivity index (χ2n) is 4.67. The third-order valence-electron chi connectivity index (χ3n) is 3.09. The van der Waals surface area contributed by atoms with Crippen LogP contribution in [0.2, 0.25) is 0 Å². The van der Waals surface area contributed by atoms with E-state index >= 15 is 0 Å². The van der Waals surface area contributed by atoms with Crippen LogP contribution in [0.4, 0.5) is 5.69 Å². The topological polar surface area (TPSA) is 89.7 Å². The number of carboxylic acid groups (broad SMARTS) is 1. The molecule has 0 heterocycles. The maximum atomic E-state index is 11.0. The number of benzene rings is 1. The highest BCUT2D eigenvalue weighted by Gasteiger charge is 2.19. The quantitative estimate of drug-likeness (QED) is 0.389. The Bertz CT molecular complexity index is 606. The molecule has 0 saturated heterocycles. The third-order valence-corrected chi connectivity index (χ3v) is 3.09. The summed E-state index contributed by atoms with van der Waals surface area (Å²) in [4.78, 5) is 21.0. The van der Waals surface area contributed by atoms with E-state index in [0.717, 1.165) is 25.3 Å². The second kappa shape index (κ2) is 6.69. The van der Waals surface area contributed by atoms with Crippen molar-refractivity contribution in [2.75, 3.05) is 0 Å². The third kappa shape index (κ3) is 4.17. The van der Waals surface area contributed by atoms with Crippen LogP contribution in [0, 0.1) is 10.1 Å². The molecule has 0 bridgehead atoms. The normalized spacial score (nSPS) is 17.8. The SMILES string of the molecule is O=C(O)/C=C/c1ccc([N+](=O)[O-])c(OC2C=CCCC2)c1. The van der Waals surface area contributed by atoms with E-state index in [1.165, 1.54) is 24.3 Å². The summed E-state index contributed by atoms with van der Waals surface area (Å²) in [5, 5.41) is 19.6. The molecule has 1 aliphatic rings. The Morgan fingerprint density at radius 1 is 1.48 bits per heavy atom. The number of ether oxygens (including phenoxy) is 1. The summed E-state index contributed by atoms with van der Waals surface area (Å²) in [6.45, 7) is 0. The maximum absolute atomic E-state index is 11.0. The number of nitro groups is 1. The van der Waals surface area contributed by atoms with Gasteiger partial charge in [0.2, 0.25) is 0 Å². The summed E-state index contributed by atoms with van der Waals surface area (Å²) in [6.07, 6.45) is 8.83. The van der Waals surface area contributed by atoms with Gasteiger partial charge in [-0.05, 0) is 49.1 Å². The van der Waals surface area contributed by atoms with Crippen molar-refractivity contribution in [2.24, 2.45) is 0 Å². The van der Waals surface area contributed by atoms with Gasteiger partial charge in [-0.1, -0.05) is 6.08 Å². The molecule has 1 unspecified atom stereocenters. The van der Waals surface area contributed by atoms with Crippen LogP contribution in [0.3, 0.4) is 0 Å². The van der Waals surface area contributed by atoms with Gasteiger partial charge in [-0.2, -0.15) is 0 Å². The highest BCUT2D eigenvalue weighted by Crippen LogP contribution is 2.31. The van der Waals surface area contributed by atoms with Gasteiger partial charge < -0.3 is 9.84 Å². The van der Waals surface area contributed by atoms with Crippen molar-refractivity contribution in [3.8, 4) is 5.75 Å². The number of rotatable bonds is 5. The van der Waals surface area contributed by atoms with Crippen molar-refractivity contribution in [2.45, 2.75) is 25.4 Å². The van der Waals surface area contributed by atoms with Gasteiger partial charge in [0.25, 0.3) is 0 Å². The van der Waals surface area contributed by atoms with E-state index in [-0.39, 0.29) is 17.5 Å². The first-order chi connectivity index (χ1) is 10.1. The van der Waals surface area contributed by atoms with Crippen molar-refractivity contribution in [1.82, 2.24) is 0 Å². The average Bonchev–Trinajstić information content (AvgIpc) is 2.46. The van der Waals surface area contributed by atoms with Gasteiger partial charge in [0.1, 0.15) is 6.10 Å². The van der Waals surface area contributed by atoms with Crippen molar-refractivity contribution >= 4 is 17.7 Å². The van der Waals surface area contributed by atoms with Gasteiger partial charge in [0, 0.05) is 12.1 Å². The van der Waals surface area contributed by atoms with Crippen molar-refractivity contribution in [3.05, 3.63) is 52.1 Å². The standard InChI is InChI=1S/C15H15NO5/c17-15(18)9-7-11-6-8-13(16(19)20)14(10-11)21-12-4-2-1-3-5-12/h2,4,6-10,12H,1,3,5H2,(H,17,18)/b9-7+. The van der Waals surface area contributed by atoms with E-state index in [1.54, 1.807) is 0 Å². The van der Waals surface area contributed by atoms with Gasteiger partial charge in [0.15, 0.2) is 5.75 Å². The van der Waals surface area contributed by atoms with Crippen LogP contribution < -0.4 is 4.74 Å². The predicted molar refractivity (Wildman–Crippen MR) is 77.2 cm³/mol. The number of hydrogen-bond donors (Lipinski definition) is 1. The Morgan fingerprint density at radius 3 is 2.90 bits per heavy atom. The lowest BCUT2D eigenvalue weighted by atomic mass is 10.1. The Hall–Kier alpha value is -2.63. The van der Waals surface area contributed by atoms with Crippen LogP contribution in [-0.2, 0) is 4.79 Å². The minimum Gasteiger partial charge on any atom is -0.479 e. The molecule has 0 spiro atoms. The number of aliphatic carboxylic acids is 1. The summed E-state index contributed by atoms with van der Waals surface area (Å²) in [5.41, 5.74) is 0.416. The van der Waals surface area contributed by atoms with Gasteiger partial charge in [-0.15, -0.1) is 0 Å². The highest BCUT2D eigenvalue weighted by atomic mass is 16.6. The lowest BCUT2D eigenvalue weighted by Crippen LogP contribution is -2.16. The summed E-state index contributed by atoms with van der Waals surface area (Å²) in [5.74, 6) is -0.921. The lowest BCUT2D eigenvalue weighted by Gasteiger charge is -2.18. The molecule has 1 N–H and O–H groups in total. The Balaban J connectivity index is 2.27.